The molecule has 0 aliphatic carbocycles. The zero-order chi connectivity index (χ0) is 24.9. The fourth-order valence-corrected chi connectivity index (χ4v) is 5.21. The standard InChI is InChI=1S/C25H18Cl3IN2O3S/c1-2-33-20-11-15(10-18(29)23(20)34-13-14-6-8-16(26)9-7-14)12-21-24(32)31-25(35-21)30-19-5-3-4-17(27)22(19)28/h3-12H,2,13H2,1H3,(H,30,31,32)/b21-12+. The molecule has 0 saturated carbocycles. The minimum absolute atomic E-state index is 0.247. The van der Waals surface area contributed by atoms with Crippen molar-refractivity contribution < 1.29 is 14.3 Å². The van der Waals surface area contributed by atoms with Crippen molar-refractivity contribution >= 4 is 92.0 Å². The van der Waals surface area contributed by atoms with Crippen LogP contribution in [0.3, 0.4) is 0 Å². The Labute approximate surface area is 236 Å². The van der Waals surface area contributed by atoms with Gasteiger partial charge in [0.15, 0.2) is 16.7 Å². The maximum Gasteiger partial charge on any atom is 0.264 e. The molecule has 1 N–H and O–H groups in total. The molecule has 3 aromatic carbocycles. The molecule has 0 aromatic heterocycles. The van der Waals surface area contributed by atoms with E-state index in [-0.39, 0.29) is 5.91 Å². The molecule has 3 aromatic rings. The summed E-state index contributed by atoms with van der Waals surface area (Å²) in [4.78, 5) is 17.5. The highest BCUT2D eigenvalue weighted by Crippen LogP contribution is 2.38. The second kappa shape index (κ2) is 11.9. The van der Waals surface area contributed by atoms with Crippen LogP contribution >= 0.6 is 69.2 Å². The highest BCUT2D eigenvalue weighted by atomic mass is 127. The van der Waals surface area contributed by atoms with Crippen LogP contribution in [-0.4, -0.2) is 17.7 Å². The maximum atomic E-state index is 12.6. The fraction of sp³-hybridized carbons (Fsp3) is 0.120. The van der Waals surface area contributed by atoms with Crippen molar-refractivity contribution in [1.82, 2.24) is 5.32 Å². The summed E-state index contributed by atoms with van der Waals surface area (Å²) in [5.41, 5.74) is 2.28. The molecule has 0 atom stereocenters. The van der Waals surface area contributed by atoms with Crippen LogP contribution in [0.1, 0.15) is 18.1 Å². The highest BCUT2D eigenvalue weighted by molar-refractivity contribution is 14.1. The number of hydrogen-bond acceptors (Lipinski definition) is 5. The number of thioether (sulfide) groups is 1. The number of benzene rings is 3. The van der Waals surface area contributed by atoms with Gasteiger partial charge < -0.3 is 14.8 Å². The third-order valence-electron chi connectivity index (χ3n) is 4.73. The van der Waals surface area contributed by atoms with Gasteiger partial charge in [-0.25, -0.2) is 4.99 Å². The van der Waals surface area contributed by atoms with Gasteiger partial charge in [0.05, 0.1) is 30.8 Å². The molecule has 35 heavy (non-hydrogen) atoms. The lowest BCUT2D eigenvalue weighted by Crippen LogP contribution is -2.19. The SMILES string of the molecule is CCOc1cc(/C=C2/SC(=Nc3cccc(Cl)c3Cl)NC2=O)cc(I)c1OCc1ccc(Cl)cc1. The van der Waals surface area contributed by atoms with E-state index in [4.69, 9.17) is 44.3 Å². The van der Waals surface area contributed by atoms with Gasteiger partial charge >= 0.3 is 0 Å². The van der Waals surface area contributed by atoms with Gasteiger partial charge in [-0.05, 0) is 94.9 Å². The zero-order valence-electron chi connectivity index (χ0n) is 18.3. The summed E-state index contributed by atoms with van der Waals surface area (Å²) in [6, 6.07) is 16.4. The quantitative estimate of drug-likeness (QED) is 0.206. The van der Waals surface area contributed by atoms with Crippen LogP contribution < -0.4 is 14.8 Å². The summed E-state index contributed by atoms with van der Waals surface area (Å²) < 4.78 is 12.8. The smallest absolute Gasteiger partial charge is 0.264 e. The highest BCUT2D eigenvalue weighted by Gasteiger charge is 2.25. The van der Waals surface area contributed by atoms with E-state index >= 15 is 0 Å². The molecule has 1 amide bonds. The number of ether oxygens (including phenoxy) is 2. The van der Waals surface area contributed by atoms with Gasteiger partial charge in [0.25, 0.3) is 5.91 Å². The number of carbonyl (C=O) groups is 1. The molecule has 1 fully saturated rings. The summed E-state index contributed by atoms with van der Waals surface area (Å²) >= 11 is 21.7. The Kier molecular flexibility index (Phi) is 8.88. The van der Waals surface area contributed by atoms with Gasteiger partial charge in [0.1, 0.15) is 6.61 Å². The van der Waals surface area contributed by atoms with Gasteiger partial charge in [-0.3, -0.25) is 4.79 Å². The second-order valence-electron chi connectivity index (χ2n) is 7.23. The maximum absolute atomic E-state index is 12.6. The lowest BCUT2D eigenvalue weighted by atomic mass is 10.2. The lowest BCUT2D eigenvalue weighted by molar-refractivity contribution is -0.115. The van der Waals surface area contributed by atoms with Crippen molar-refractivity contribution in [1.29, 1.82) is 0 Å². The predicted molar refractivity (Wildman–Crippen MR) is 153 cm³/mol. The van der Waals surface area contributed by atoms with E-state index in [0.29, 0.717) is 55.5 Å². The third kappa shape index (κ3) is 6.65. The molecule has 1 saturated heterocycles. The zero-order valence-corrected chi connectivity index (χ0v) is 23.5. The number of rotatable bonds is 7. The summed E-state index contributed by atoms with van der Waals surface area (Å²) in [7, 11) is 0. The van der Waals surface area contributed by atoms with Crippen molar-refractivity contribution in [2.75, 3.05) is 6.61 Å². The van der Waals surface area contributed by atoms with E-state index in [2.05, 4.69) is 32.9 Å². The topological polar surface area (TPSA) is 59.9 Å². The number of amidine groups is 1. The van der Waals surface area contributed by atoms with E-state index in [1.165, 1.54) is 11.8 Å². The van der Waals surface area contributed by atoms with Crippen molar-refractivity contribution in [3.05, 3.63) is 89.3 Å². The predicted octanol–water partition coefficient (Wildman–Crippen LogP) is 8.12. The minimum atomic E-state index is -0.247. The Morgan fingerprint density at radius 2 is 1.86 bits per heavy atom. The van der Waals surface area contributed by atoms with Gasteiger partial charge in [0, 0.05) is 5.02 Å². The summed E-state index contributed by atoms with van der Waals surface area (Å²) in [5.74, 6) is 0.997. The van der Waals surface area contributed by atoms with Gasteiger partial charge in [-0.2, -0.15) is 0 Å². The van der Waals surface area contributed by atoms with Gasteiger partial charge in [-0.1, -0.05) is 53.0 Å². The Balaban J connectivity index is 1.56. The molecule has 1 aliphatic rings. The average molecular weight is 660 g/mol. The molecule has 0 unspecified atom stereocenters. The largest absolute Gasteiger partial charge is 0.490 e. The molecular formula is C25H18Cl3IN2O3S. The van der Waals surface area contributed by atoms with E-state index < -0.39 is 0 Å². The first-order valence-corrected chi connectivity index (χ1v) is 13.4. The summed E-state index contributed by atoms with van der Waals surface area (Å²) in [6.07, 6.45) is 1.79. The third-order valence-corrected chi connectivity index (χ3v) is 7.50. The summed E-state index contributed by atoms with van der Waals surface area (Å²) in [5, 5.41) is 4.59. The van der Waals surface area contributed by atoms with E-state index in [1.807, 2.05) is 43.3 Å². The van der Waals surface area contributed by atoms with Crippen LogP contribution in [-0.2, 0) is 11.4 Å². The van der Waals surface area contributed by atoms with E-state index in [1.54, 1.807) is 24.3 Å². The molecule has 4 rings (SSSR count). The Hall–Kier alpha value is -1.91. The number of amides is 1. The monoisotopic (exact) mass is 658 g/mol. The molecular weight excluding hydrogens is 642 g/mol. The number of aliphatic imine (C=N–C) groups is 1. The normalized spacial score (nSPS) is 15.5. The van der Waals surface area contributed by atoms with Crippen LogP contribution in [0.4, 0.5) is 5.69 Å². The molecule has 5 nitrogen and oxygen atoms in total. The van der Waals surface area contributed by atoms with Crippen molar-refractivity contribution in [2.45, 2.75) is 13.5 Å². The van der Waals surface area contributed by atoms with Crippen LogP contribution in [0.25, 0.3) is 6.08 Å². The molecule has 180 valence electrons. The van der Waals surface area contributed by atoms with Gasteiger partial charge in [-0.15, -0.1) is 0 Å². The molecule has 1 aliphatic heterocycles. The van der Waals surface area contributed by atoms with Crippen LogP contribution in [0.2, 0.25) is 15.1 Å². The Bertz CT molecular complexity index is 1330. The van der Waals surface area contributed by atoms with Crippen molar-refractivity contribution in [2.24, 2.45) is 4.99 Å². The van der Waals surface area contributed by atoms with Crippen LogP contribution in [0, 0.1) is 3.57 Å². The number of nitrogens with zero attached hydrogens (tertiary/aromatic N) is 1. The lowest BCUT2D eigenvalue weighted by Gasteiger charge is -2.15. The first-order chi connectivity index (χ1) is 16.8. The Morgan fingerprint density at radius 3 is 2.60 bits per heavy atom. The average Bonchev–Trinajstić information content (AvgIpc) is 3.16. The molecule has 0 bridgehead atoms. The number of nitrogens with one attached hydrogen (secondary N) is 1. The molecule has 10 heteroatoms. The van der Waals surface area contributed by atoms with Crippen LogP contribution in [0.5, 0.6) is 11.5 Å². The summed E-state index contributed by atoms with van der Waals surface area (Å²) in [6.45, 7) is 2.75. The second-order valence-corrected chi connectivity index (χ2v) is 10.6. The number of carbonyl (C=O) groups excluding carboxylic acids is 1. The van der Waals surface area contributed by atoms with E-state index in [9.17, 15) is 4.79 Å². The first kappa shape index (κ1) is 26.2. The number of halogens is 4. The molecule has 1 heterocycles. The molecule has 0 radical (unpaired) electrons. The van der Waals surface area contributed by atoms with E-state index in [0.717, 1.165) is 14.7 Å². The van der Waals surface area contributed by atoms with Crippen LogP contribution in [0.15, 0.2) is 64.5 Å². The number of hydrogen-bond donors (Lipinski definition) is 1. The van der Waals surface area contributed by atoms with Crippen molar-refractivity contribution in [3.8, 4) is 11.5 Å². The Morgan fingerprint density at radius 1 is 1.09 bits per heavy atom. The first-order valence-electron chi connectivity index (χ1n) is 10.4. The van der Waals surface area contributed by atoms with Gasteiger partial charge in [0.2, 0.25) is 0 Å². The minimum Gasteiger partial charge on any atom is -0.490 e. The molecule has 0 spiro atoms. The fourth-order valence-electron chi connectivity index (χ4n) is 3.13. The van der Waals surface area contributed by atoms with Crippen molar-refractivity contribution in [3.63, 3.8) is 0 Å².